The van der Waals surface area contributed by atoms with Gasteiger partial charge in [0.2, 0.25) is 11.8 Å². The number of rotatable bonds is 5. The summed E-state index contributed by atoms with van der Waals surface area (Å²) in [5, 5.41) is 7.69. The highest BCUT2D eigenvalue weighted by molar-refractivity contribution is 5.83. The smallest absolute Gasteiger partial charge is 0.408 e. The van der Waals surface area contributed by atoms with Crippen LogP contribution < -0.4 is 16.0 Å². The summed E-state index contributed by atoms with van der Waals surface area (Å²) in [6, 6.07) is -0.0780. The Kier molecular flexibility index (Phi) is 8.72. The standard InChI is InChI=1S/C19H34N4O6/c1-18(2,3)28-16(26)20-11-14(24)22-13-7-9-23(10-8-13)15(25)12-21-17(27)29-19(4,5)6/h13H,7-12H2,1-6H3,(H,20,26)(H,21,27)(H,22,24). The van der Waals surface area contributed by atoms with Crippen LogP contribution in [0, 0.1) is 0 Å². The fourth-order valence-corrected chi connectivity index (χ4v) is 2.59. The lowest BCUT2D eigenvalue weighted by atomic mass is 10.0. The molecule has 29 heavy (non-hydrogen) atoms. The summed E-state index contributed by atoms with van der Waals surface area (Å²) in [5.41, 5.74) is -1.25. The Labute approximate surface area is 172 Å². The summed E-state index contributed by atoms with van der Waals surface area (Å²) in [6.07, 6.45) is -0.0942. The van der Waals surface area contributed by atoms with Crippen molar-refractivity contribution in [1.29, 1.82) is 0 Å². The molecule has 3 N–H and O–H groups in total. The lowest BCUT2D eigenvalue weighted by Gasteiger charge is -2.32. The second-order valence-electron chi connectivity index (χ2n) is 8.93. The average Bonchev–Trinajstić information content (AvgIpc) is 2.55. The van der Waals surface area contributed by atoms with Crippen LogP contribution in [-0.4, -0.2) is 72.3 Å². The predicted molar refractivity (Wildman–Crippen MR) is 106 cm³/mol. The highest BCUT2D eigenvalue weighted by atomic mass is 16.6. The number of ether oxygens (including phenoxy) is 2. The van der Waals surface area contributed by atoms with Crippen LogP contribution in [0.2, 0.25) is 0 Å². The number of likely N-dealkylation sites (tertiary alicyclic amines) is 1. The number of piperidine rings is 1. The zero-order chi connectivity index (χ0) is 22.2. The molecule has 0 bridgehead atoms. The lowest BCUT2D eigenvalue weighted by Crippen LogP contribution is -2.50. The average molecular weight is 415 g/mol. The van der Waals surface area contributed by atoms with Gasteiger partial charge in [0.05, 0.1) is 0 Å². The van der Waals surface area contributed by atoms with Gasteiger partial charge in [-0.25, -0.2) is 9.59 Å². The van der Waals surface area contributed by atoms with Crippen LogP contribution in [0.3, 0.4) is 0 Å². The zero-order valence-corrected chi connectivity index (χ0v) is 18.2. The third-order valence-electron chi connectivity index (χ3n) is 3.79. The Bertz CT molecular complexity index is 601. The first-order valence-corrected chi connectivity index (χ1v) is 9.76. The van der Waals surface area contributed by atoms with Crippen LogP contribution in [0.1, 0.15) is 54.4 Å². The molecule has 10 nitrogen and oxygen atoms in total. The number of carbonyl (C=O) groups excluding carboxylic acids is 4. The Morgan fingerprint density at radius 1 is 0.828 bits per heavy atom. The van der Waals surface area contributed by atoms with Gasteiger partial charge in [-0.3, -0.25) is 9.59 Å². The van der Waals surface area contributed by atoms with Crippen molar-refractivity contribution in [3.63, 3.8) is 0 Å². The highest BCUT2D eigenvalue weighted by Crippen LogP contribution is 2.11. The largest absolute Gasteiger partial charge is 0.444 e. The van der Waals surface area contributed by atoms with Gasteiger partial charge in [-0.1, -0.05) is 0 Å². The van der Waals surface area contributed by atoms with Crippen molar-refractivity contribution < 1.29 is 28.7 Å². The normalized spacial score (nSPS) is 15.3. The van der Waals surface area contributed by atoms with Gasteiger partial charge in [-0.05, 0) is 54.4 Å². The first kappa shape index (κ1) is 24.5. The maximum atomic E-state index is 12.2. The third kappa shape index (κ3) is 11.2. The summed E-state index contributed by atoms with van der Waals surface area (Å²) in [6.45, 7) is 11.1. The molecular formula is C19H34N4O6. The van der Waals surface area contributed by atoms with E-state index in [1.54, 1.807) is 46.4 Å². The topological polar surface area (TPSA) is 126 Å². The van der Waals surface area contributed by atoms with Crippen LogP contribution in [0.4, 0.5) is 9.59 Å². The van der Waals surface area contributed by atoms with E-state index in [0.29, 0.717) is 25.9 Å². The monoisotopic (exact) mass is 414 g/mol. The van der Waals surface area contributed by atoms with E-state index in [-0.39, 0.29) is 30.9 Å². The molecule has 0 radical (unpaired) electrons. The SMILES string of the molecule is CC(C)(C)OC(=O)NCC(=O)NC1CCN(C(=O)CNC(=O)OC(C)(C)C)CC1. The van der Waals surface area contributed by atoms with E-state index in [1.807, 2.05) is 0 Å². The van der Waals surface area contributed by atoms with E-state index in [2.05, 4.69) is 16.0 Å². The Morgan fingerprint density at radius 3 is 1.72 bits per heavy atom. The molecule has 0 aromatic heterocycles. The van der Waals surface area contributed by atoms with Crippen molar-refractivity contribution in [3.8, 4) is 0 Å². The molecule has 1 saturated heterocycles. The molecule has 1 aliphatic rings. The second-order valence-corrected chi connectivity index (χ2v) is 8.93. The molecule has 0 aliphatic carbocycles. The number of carbonyl (C=O) groups is 4. The maximum Gasteiger partial charge on any atom is 0.408 e. The first-order valence-electron chi connectivity index (χ1n) is 9.76. The Balaban J connectivity index is 2.26. The number of hydrogen-bond acceptors (Lipinski definition) is 6. The van der Waals surface area contributed by atoms with Crippen LogP contribution in [0.25, 0.3) is 0 Å². The molecule has 0 atom stereocenters. The quantitative estimate of drug-likeness (QED) is 0.619. The van der Waals surface area contributed by atoms with Crippen LogP contribution in [-0.2, 0) is 19.1 Å². The molecule has 166 valence electrons. The maximum absolute atomic E-state index is 12.2. The van der Waals surface area contributed by atoms with Crippen LogP contribution >= 0.6 is 0 Å². The predicted octanol–water partition coefficient (Wildman–Crippen LogP) is 1.14. The van der Waals surface area contributed by atoms with E-state index in [1.165, 1.54) is 0 Å². The molecule has 4 amide bonds. The first-order chi connectivity index (χ1) is 13.2. The van der Waals surface area contributed by atoms with Crippen LogP contribution in [0.15, 0.2) is 0 Å². The molecule has 1 aliphatic heterocycles. The summed E-state index contributed by atoms with van der Waals surface area (Å²) in [4.78, 5) is 49.0. The molecule has 1 heterocycles. The summed E-state index contributed by atoms with van der Waals surface area (Å²) in [7, 11) is 0. The van der Waals surface area contributed by atoms with E-state index in [4.69, 9.17) is 9.47 Å². The van der Waals surface area contributed by atoms with Crippen molar-refractivity contribution >= 4 is 24.0 Å². The van der Waals surface area contributed by atoms with E-state index < -0.39 is 23.4 Å². The van der Waals surface area contributed by atoms with Gasteiger partial charge in [0, 0.05) is 19.1 Å². The van der Waals surface area contributed by atoms with Crippen molar-refractivity contribution in [2.75, 3.05) is 26.2 Å². The molecule has 0 spiro atoms. The van der Waals surface area contributed by atoms with Gasteiger partial charge in [-0.2, -0.15) is 0 Å². The molecule has 0 aromatic carbocycles. The van der Waals surface area contributed by atoms with E-state index in [0.717, 1.165) is 0 Å². The van der Waals surface area contributed by atoms with Crippen molar-refractivity contribution in [2.24, 2.45) is 0 Å². The molecule has 0 saturated carbocycles. The van der Waals surface area contributed by atoms with Crippen molar-refractivity contribution in [2.45, 2.75) is 71.6 Å². The summed E-state index contributed by atoms with van der Waals surface area (Å²) in [5.74, 6) is -0.514. The van der Waals surface area contributed by atoms with Crippen molar-refractivity contribution in [3.05, 3.63) is 0 Å². The molecule has 10 heteroatoms. The lowest BCUT2D eigenvalue weighted by molar-refractivity contribution is -0.131. The third-order valence-corrected chi connectivity index (χ3v) is 3.79. The molecule has 0 aromatic rings. The van der Waals surface area contributed by atoms with Gasteiger partial charge < -0.3 is 30.3 Å². The number of nitrogens with zero attached hydrogens (tertiary/aromatic N) is 1. The summed E-state index contributed by atoms with van der Waals surface area (Å²) >= 11 is 0. The minimum absolute atomic E-state index is 0.0780. The van der Waals surface area contributed by atoms with E-state index in [9.17, 15) is 19.2 Å². The summed E-state index contributed by atoms with van der Waals surface area (Å²) < 4.78 is 10.2. The van der Waals surface area contributed by atoms with Gasteiger partial charge >= 0.3 is 12.2 Å². The van der Waals surface area contributed by atoms with Gasteiger partial charge in [0.1, 0.15) is 24.3 Å². The van der Waals surface area contributed by atoms with Gasteiger partial charge in [0.15, 0.2) is 0 Å². The Hall–Kier alpha value is -2.52. The molecule has 1 rings (SSSR count). The second kappa shape index (κ2) is 10.3. The number of hydrogen-bond donors (Lipinski definition) is 3. The fraction of sp³-hybridized carbons (Fsp3) is 0.789. The van der Waals surface area contributed by atoms with Gasteiger partial charge in [0.25, 0.3) is 0 Å². The minimum atomic E-state index is -0.648. The fourth-order valence-electron chi connectivity index (χ4n) is 2.59. The Morgan fingerprint density at radius 2 is 1.28 bits per heavy atom. The van der Waals surface area contributed by atoms with Gasteiger partial charge in [-0.15, -0.1) is 0 Å². The zero-order valence-electron chi connectivity index (χ0n) is 18.2. The molecule has 0 unspecified atom stereocenters. The number of alkyl carbamates (subject to hydrolysis) is 2. The number of amides is 4. The molecular weight excluding hydrogens is 380 g/mol. The van der Waals surface area contributed by atoms with Crippen LogP contribution in [0.5, 0.6) is 0 Å². The highest BCUT2D eigenvalue weighted by Gasteiger charge is 2.25. The minimum Gasteiger partial charge on any atom is -0.444 e. The van der Waals surface area contributed by atoms with Crippen molar-refractivity contribution in [1.82, 2.24) is 20.9 Å². The van der Waals surface area contributed by atoms with E-state index >= 15 is 0 Å². The number of nitrogens with one attached hydrogen (secondary N) is 3. The molecule has 1 fully saturated rings.